The third-order valence-corrected chi connectivity index (χ3v) is 28.2. The molecule has 0 aliphatic rings. The van der Waals surface area contributed by atoms with Crippen molar-refractivity contribution in [2.45, 2.75) is 118 Å². The zero-order valence-electron chi connectivity index (χ0n) is 29.5. The maximum Gasteiger partial charge on any atom is 0.505 e. The largest absolute Gasteiger partial charge is 0.505 e. The molecule has 238 valence electrons. The van der Waals surface area contributed by atoms with Crippen LogP contribution in [0, 0.1) is 22.7 Å². The van der Waals surface area contributed by atoms with Crippen molar-refractivity contribution in [3.63, 3.8) is 0 Å². The molecule has 0 bridgehead atoms. The Morgan fingerprint density at radius 2 is 0.548 bits per heavy atom. The van der Waals surface area contributed by atoms with E-state index in [-0.39, 0.29) is 11.1 Å². The maximum atomic E-state index is 10.2. The standard InChI is InChI=1S/C26H56N2O6Si8/c1-35(2,3)29-41(30-36(4,5)6,31-37(7,8)9)25-19-23(21-27)24(22-28)20-26(25)42(32-38(10,11)12,33-39(13,14)15)34-40(16,17)18/h19-20H,1-18H3. The fraction of sp³-hybridized carbons (Fsp3) is 0.692. The van der Waals surface area contributed by atoms with Crippen LogP contribution < -0.4 is 10.4 Å². The second-order valence-corrected chi connectivity index (χ2v) is 50.1. The number of rotatable bonds is 14. The summed E-state index contributed by atoms with van der Waals surface area (Å²) < 4.78 is 43.0. The Kier molecular flexibility index (Phi) is 12.5. The normalized spacial score (nSPS) is 14.5. The fourth-order valence-electron chi connectivity index (χ4n) is 4.16. The average molecular weight is 717 g/mol. The molecule has 0 fully saturated rings. The van der Waals surface area contributed by atoms with Gasteiger partial charge in [-0.3, -0.25) is 0 Å². The quantitative estimate of drug-likeness (QED) is 0.193. The van der Waals surface area contributed by atoms with Crippen molar-refractivity contribution in [2.75, 3.05) is 0 Å². The Balaban J connectivity index is 4.70. The molecule has 0 spiro atoms. The van der Waals surface area contributed by atoms with Crippen LogP contribution in [0.4, 0.5) is 0 Å². The van der Waals surface area contributed by atoms with E-state index in [4.69, 9.17) is 24.7 Å². The number of hydrogen-bond donors (Lipinski definition) is 0. The van der Waals surface area contributed by atoms with Gasteiger partial charge in [0.2, 0.25) is 0 Å². The molecule has 0 unspecified atom stereocenters. The number of nitriles is 2. The van der Waals surface area contributed by atoms with Crippen molar-refractivity contribution in [3.8, 4) is 12.1 Å². The lowest BCUT2D eigenvalue weighted by Gasteiger charge is -2.47. The van der Waals surface area contributed by atoms with Gasteiger partial charge in [0.1, 0.15) is 12.1 Å². The van der Waals surface area contributed by atoms with Gasteiger partial charge in [-0.25, -0.2) is 0 Å². The number of hydrogen-bond acceptors (Lipinski definition) is 8. The topological polar surface area (TPSA) is 103 Å². The van der Waals surface area contributed by atoms with E-state index in [2.05, 4.69) is 130 Å². The summed E-state index contributed by atoms with van der Waals surface area (Å²) in [7, 11) is -21.5. The van der Waals surface area contributed by atoms with Gasteiger partial charge in [0.15, 0.2) is 49.9 Å². The predicted octanol–water partition coefficient (Wildman–Crippen LogP) is 6.83. The van der Waals surface area contributed by atoms with E-state index < -0.39 is 67.5 Å². The molecule has 0 aromatic heterocycles. The molecule has 0 aliphatic carbocycles. The van der Waals surface area contributed by atoms with E-state index >= 15 is 0 Å². The van der Waals surface area contributed by atoms with Crippen LogP contribution in [0.15, 0.2) is 12.1 Å². The lowest BCUT2D eigenvalue weighted by molar-refractivity contribution is 0.265. The van der Waals surface area contributed by atoms with Crippen LogP contribution in [0.2, 0.25) is 118 Å². The predicted molar refractivity (Wildman–Crippen MR) is 193 cm³/mol. The minimum Gasteiger partial charge on any atom is -0.414 e. The first kappa shape index (κ1) is 39.7. The number of nitrogens with zero attached hydrogens (tertiary/aromatic N) is 2. The van der Waals surface area contributed by atoms with Crippen LogP contribution in [-0.2, 0) is 24.7 Å². The molecule has 16 heteroatoms. The zero-order valence-corrected chi connectivity index (χ0v) is 37.5. The van der Waals surface area contributed by atoms with Gasteiger partial charge < -0.3 is 24.7 Å². The fourth-order valence-corrected chi connectivity index (χ4v) is 31.8. The van der Waals surface area contributed by atoms with E-state index in [1.54, 1.807) is 12.1 Å². The second kappa shape index (κ2) is 13.2. The van der Waals surface area contributed by atoms with Crippen molar-refractivity contribution in [2.24, 2.45) is 0 Å². The summed E-state index contributed by atoms with van der Waals surface area (Å²) in [4.78, 5) is 0. The molecule has 1 aromatic rings. The van der Waals surface area contributed by atoms with Crippen LogP contribution in [-0.4, -0.2) is 67.5 Å². The highest BCUT2D eigenvalue weighted by Gasteiger charge is 2.60. The summed E-state index contributed by atoms with van der Waals surface area (Å²) in [5.74, 6) is 0. The van der Waals surface area contributed by atoms with Gasteiger partial charge in [0.25, 0.3) is 0 Å². The Morgan fingerprint density at radius 1 is 0.381 bits per heavy atom. The lowest BCUT2D eigenvalue weighted by atomic mass is 10.1. The molecular formula is C26H56N2O6Si8. The first-order chi connectivity index (χ1) is 18.4. The smallest absolute Gasteiger partial charge is 0.414 e. The first-order valence-electron chi connectivity index (χ1n) is 14.6. The molecule has 42 heavy (non-hydrogen) atoms. The second-order valence-electron chi connectivity index (χ2n) is 16.6. The molecule has 0 saturated carbocycles. The van der Waals surface area contributed by atoms with Gasteiger partial charge in [-0.2, -0.15) is 10.5 Å². The summed E-state index contributed by atoms with van der Waals surface area (Å²) in [6.07, 6.45) is 0. The van der Waals surface area contributed by atoms with Crippen LogP contribution in [0.25, 0.3) is 0 Å². The molecule has 0 saturated heterocycles. The third-order valence-electron chi connectivity index (χ3n) is 4.70. The molecule has 0 amide bonds. The molecule has 1 rings (SSSR count). The zero-order chi connectivity index (χ0) is 33.4. The monoisotopic (exact) mass is 716 g/mol. The number of benzene rings is 1. The van der Waals surface area contributed by atoms with Crippen molar-refractivity contribution in [1.82, 2.24) is 0 Å². The summed E-state index contributed by atoms with van der Waals surface area (Å²) in [6.45, 7) is 38.3. The summed E-state index contributed by atoms with van der Waals surface area (Å²) in [5.41, 5.74) is 0.505. The van der Waals surface area contributed by atoms with E-state index in [0.717, 1.165) is 0 Å². The summed E-state index contributed by atoms with van der Waals surface area (Å²) >= 11 is 0. The van der Waals surface area contributed by atoms with Gasteiger partial charge in [0, 0.05) is 10.4 Å². The van der Waals surface area contributed by atoms with Gasteiger partial charge >= 0.3 is 17.6 Å². The Labute approximate surface area is 265 Å². The molecule has 1 aromatic carbocycles. The highest BCUT2D eigenvalue weighted by molar-refractivity contribution is 7.02. The van der Waals surface area contributed by atoms with E-state index in [9.17, 15) is 10.5 Å². The van der Waals surface area contributed by atoms with Gasteiger partial charge in [-0.15, -0.1) is 0 Å². The Hall–Kier alpha value is -0.305. The molecule has 0 aliphatic heterocycles. The van der Waals surface area contributed by atoms with Crippen LogP contribution in [0.3, 0.4) is 0 Å². The van der Waals surface area contributed by atoms with E-state index in [0.29, 0.717) is 10.4 Å². The van der Waals surface area contributed by atoms with Gasteiger partial charge in [0.05, 0.1) is 11.1 Å². The molecule has 0 heterocycles. The highest BCUT2D eigenvalue weighted by Crippen LogP contribution is 2.30. The minimum atomic E-state index is -3.78. The molecular weight excluding hydrogens is 661 g/mol. The van der Waals surface area contributed by atoms with Crippen LogP contribution >= 0.6 is 0 Å². The van der Waals surface area contributed by atoms with Crippen molar-refractivity contribution in [3.05, 3.63) is 23.3 Å². The van der Waals surface area contributed by atoms with Crippen molar-refractivity contribution in [1.29, 1.82) is 10.5 Å². The highest BCUT2D eigenvalue weighted by atomic mass is 28.5. The summed E-state index contributed by atoms with van der Waals surface area (Å²) in [5, 5.41) is 21.8. The maximum absolute atomic E-state index is 10.2. The Bertz CT molecular complexity index is 1020. The van der Waals surface area contributed by atoms with E-state index in [1.807, 2.05) is 0 Å². The first-order valence-corrected chi connectivity index (χ1v) is 38.5. The van der Waals surface area contributed by atoms with Crippen LogP contribution in [0.1, 0.15) is 11.1 Å². The van der Waals surface area contributed by atoms with Gasteiger partial charge in [-0.05, 0) is 130 Å². The van der Waals surface area contributed by atoms with E-state index in [1.165, 1.54) is 0 Å². The van der Waals surface area contributed by atoms with Crippen LogP contribution in [0.5, 0.6) is 0 Å². The Morgan fingerprint density at radius 3 is 0.667 bits per heavy atom. The molecule has 0 radical (unpaired) electrons. The average Bonchev–Trinajstić information content (AvgIpc) is 2.64. The molecule has 0 atom stereocenters. The molecule has 8 nitrogen and oxygen atoms in total. The van der Waals surface area contributed by atoms with Crippen molar-refractivity contribution < 1.29 is 24.7 Å². The summed E-state index contributed by atoms with van der Waals surface area (Å²) in [6, 6.07) is 8.06. The minimum absolute atomic E-state index is 0.252. The third kappa shape index (κ3) is 13.0. The SMILES string of the molecule is C[Si](C)(C)O[Si](O[Si](C)(C)C)(O[Si](C)(C)C)c1cc(C#N)c(C#N)cc1[Si](O[Si](C)(C)C)(O[Si](C)(C)C)O[Si](C)(C)C. The molecule has 0 N–H and O–H groups in total. The van der Waals surface area contributed by atoms with Crippen molar-refractivity contribution >= 4 is 77.9 Å². The lowest BCUT2D eigenvalue weighted by Crippen LogP contribution is -2.77. The van der Waals surface area contributed by atoms with Gasteiger partial charge in [-0.1, -0.05) is 0 Å².